The topological polar surface area (TPSA) is 87.8 Å². The maximum Gasteiger partial charge on any atom is 0.150 e. The van der Waals surface area contributed by atoms with Gasteiger partial charge in [-0.2, -0.15) is 0 Å². The van der Waals surface area contributed by atoms with Crippen LogP contribution in [0, 0.1) is 5.82 Å². The van der Waals surface area contributed by atoms with Crippen LogP contribution in [0.3, 0.4) is 0 Å². The number of aromatic amines is 1. The van der Waals surface area contributed by atoms with Gasteiger partial charge in [0, 0.05) is 41.3 Å². The minimum absolute atomic E-state index is 0.0262. The number of H-pyrrole nitrogens is 1. The number of aromatic nitrogens is 3. The summed E-state index contributed by atoms with van der Waals surface area (Å²) in [6.45, 7) is -0.0262. The summed E-state index contributed by atoms with van der Waals surface area (Å²) in [6, 6.07) is 12.0. The Kier molecular flexibility index (Phi) is 4.39. The highest BCUT2D eigenvalue weighted by Gasteiger charge is 2.30. The molecule has 0 spiro atoms. The molecule has 0 fully saturated rings. The number of fused-ring (bicyclic) bond motifs is 1. The van der Waals surface area contributed by atoms with Gasteiger partial charge in [0.05, 0.1) is 11.1 Å². The maximum absolute atomic E-state index is 14.1. The first-order valence-electron chi connectivity index (χ1n) is 8.30. The number of pyridine rings is 2. The number of rotatable bonds is 4. The smallest absolute Gasteiger partial charge is 0.150 e. The van der Waals surface area contributed by atoms with Crippen molar-refractivity contribution in [1.82, 2.24) is 15.0 Å². The number of nitrogens with zero attached hydrogens (tertiary/aromatic N) is 2. The van der Waals surface area contributed by atoms with Crippen molar-refractivity contribution in [3.63, 3.8) is 0 Å². The summed E-state index contributed by atoms with van der Waals surface area (Å²) < 4.78 is 14.1. The Morgan fingerprint density at radius 3 is 2.48 bits per heavy atom. The average Bonchev–Trinajstić information content (AvgIpc) is 3.09. The van der Waals surface area contributed by atoms with E-state index >= 15 is 0 Å². The summed E-state index contributed by atoms with van der Waals surface area (Å²) in [5.41, 5.74) is 7.26. The predicted molar refractivity (Wildman–Crippen MR) is 103 cm³/mol. The van der Waals surface area contributed by atoms with Gasteiger partial charge in [-0.15, -0.1) is 0 Å². The van der Waals surface area contributed by atoms with Crippen LogP contribution in [0.15, 0.2) is 61.1 Å². The molecule has 0 radical (unpaired) electrons. The minimum Gasteiger partial charge on any atom is -0.379 e. The summed E-state index contributed by atoms with van der Waals surface area (Å²) in [5, 5.41) is 12.1. The SMILES string of the molecule is NCC(O)(c1ccc(Cl)cc1)c1ccc(-c2ccnc3[nH]cc(F)c23)nc1. The summed E-state index contributed by atoms with van der Waals surface area (Å²) in [4.78, 5) is 11.3. The molecular weight excluding hydrogens is 367 g/mol. The third-order valence-electron chi connectivity index (χ3n) is 4.66. The third kappa shape index (κ3) is 2.98. The Labute approximate surface area is 159 Å². The highest BCUT2D eigenvalue weighted by Crippen LogP contribution is 2.32. The second kappa shape index (κ2) is 6.74. The van der Waals surface area contributed by atoms with Crippen LogP contribution < -0.4 is 5.73 Å². The van der Waals surface area contributed by atoms with E-state index in [4.69, 9.17) is 17.3 Å². The molecule has 0 aliphatic heterocycles. The predicted octanol–water partition coefficient (Wildman–Crippen LogP) is 3.61. The fourth-order valence-corrected chi connectivity index (χ4v) is 3.28. The molecule has 0 amide bonds. The highest BCUT2D eigenvalue weighted by atomic mass is 35.5. The van der Waals surface area contributed by atoms with Gasteiger partial charge in [0.1, 0.15) is 11.2 Å². The van der Waals surface area contributed by atoms with E-state index in [9.17, 15) is 9.50 Å². The van der Waals surface area contributed by atoms with Crippen LogP contribution in [0.2, 0.25) is 5.02 Å². The monoisotopic (exact) mass is 382 g/mol. The van der Waals surface area contributed by atoms with Crippen LogP contribution in [0.4, 0.5) is 4.39 Å². The zero-order valence-corrected chi connectivity index (χ0v) is 14.9. The van der Waals surface area contributed by atoms with E-state index < -0.39 is 11.4 Å². The summed E-state index contributed by atoms with van der Waals surface area (Å²) in [7, 11) is 0. The van der Waals surface area contributed by atoms with Crippen LogP contribution >= 0.6 is 11.6 Å². The van der Waals surface area contributed by atoms with Gasteiger partial charge >= 0.3 is 0 Å². The molecule has 0 bridgehead atoms. The molecule has 3 aromatic heterocycles. The summed E-state index contributed by atoms with van der Waals surface area (Å²) in [5.74, 6) is -0.390. The third-order valence-corrected chi connectivity index (χ3v) is 4.91. The van der Waals surface area contributed by atoms with Gasteiger partial charge in [-0.25, -0.2) is 9.37 Å². The molecule has 0 aliphatic carbocycles. The quantitative estimate of drug-likeness (QED) is 0.503. The van der Waals surface area contributed by atoms with Gasteiger partial charge in [0.15, 0.2) is 5.82 Å². The first kappa shape index (κ1) is 17.6. The fraction of sp³-hybridized carbons (Fsp3) is 0.100. The van der Waals surface area contributed by atoms with Crippen molar-refractivity contribution < 1.29 is 9.50 Å². The lowest BCUT2D eigenvalue weighted by atomic mass is 9.87. The molecular formula is C20H16ClFN4O. The number of hydrogen-bond acceptors (Lipinski definition) is 4. The van der Waals surface area contributed by atoms with E-state index in [-0.39, 0.29) is 6.54 Å². The van der Waals surface area contributed by atoms with E-state index in [2.05, 4.69) is 15.0 Å². The zero-order chi connectivity index (χ0) is 19.0. The number of nitrogens with two attached hydrogens (primary N) is 1. The molecule has 7 heteroatoms. The molecule has 3 heterocycles. The van der Waals surface area contributed by atoms with E-state index in [1.807, 2.05) is 0 Å². The molecule has 4 N–H and O–H groups in total. The maximum atomic E-state index is 14.1. The van der Waals surface area contributed by atoms with Crippen molar-refractivity contribution in [3.05, 3.63) is 83.0 Å². The van der Waals surface area contributed by atoms with E-state index in [1.54, 1.807) is 54.9 Å². The Morgan fingerprint density at radius 2 is 1.81 bits per heavy atom. The lowest BCUT2D eigenvalue weighted by Gasteiger charge is -2.27. The minimum atomic E-state index is -1.40. The van der Waals surface area contributed by atoms with Gasteiger partial charge < -0.3 is 15.8 Å². The first-order chi connectivity index (χ1) is 13.0. The molecule has 4 rings (SSSR count). The Bertz CT molecular complexity index is 1100. The van der Waals surface area contributed by atoms with Gasteiger partial charge in [0.25, 0.3) is 0 Å². The van der Waals surface area contributed by atoms with Crippen LogP contribution in [-0.4, -0.2) is 26.6 Å². The number of aliphatic hydroxyl groups is 1. The highest BCUT2D eigenvalue weighted by molar-refractivity contribution is 6.30. The second-order valence-electron chi connectivity index (χ2n) is 6.22. The number of hydrogen-bond donors (Lipinski definition) is 3. The van der Waals surface area contributed by atoms with E-state index in [1.165, 1.54) is 6.20 Å². The van der Waals surface area contributed by atoms with E-state index in [0.29, 0.717) is 38.4 Å². The number of nitrogens with one attached hydrogen (secondary N) is 1. The van der Waals surface area contributed by atoms with Gasteiger partial charge in [0.2, 0.25) is 0 Å². The lowest BCUT2D eigenvalue weighted by Crippen LogP contribution is -2.36. The van der Waals surface area contributed by atoms with Gasteiger partial charge in [-0.05, 0) is 29.8 Å². The lowest BCUT2D eigenvalue weighted by molar-refractivity contribution is 0.0899. The van der Waals surface area contributed by atoms with Crippen LogP contribution in [0.5, 0.6) is 0 Å². The van der Waals surface area contributed by atoms with Crippen molar-refractivity contribution in [2.24, 2.45) is 5.73 Å². The van der Waals surface area contributed by atoms with Crippen LogP contribution in [0.25, 0.3) is 22.3 Å². The molecule has 5 nitrogen and oxygen atoms in total. The molecule has 0 saturated carbocycles. The van der Waals surface area contributed by atoms with Crippen molar-refractivity contribution in [1.29, 1.82) is 0 Å². The largest absolute Gasteiger partial charge is 0.379 e. The molecule has 1 atom stereocenters. The van der Waals surface area contributed by atoms with Crippen molar-refractivity contribution in [2.75, 3.05) is 6.54 Å². The molecule has 1 unspecified atom stereocenters. The number of benzene rings is 1. The van der Waals surface area contributed by atoms with Gasteiger partial charge in [-0.3, -0.25) is 4.98 Å². The fourth-order valence-electron chi connectivity index (χ4n) is 3.16. The molecule has 4 aromatic rings. The van der Waals surface area contributed by atoms with Crippen LogP contribution in [-0.2, 0) is 5.60 Å². The molecule has 0 aliphatic rings. The van der Waals surface area contributed by atoms with Crippen molar-refractivity contribution >= 4 is 22.6 Å². The van der Waals surface area contributed by atoms with Crippen LogP contribution in [0.1, 0.15) is 11.1 Å². The molecule has 27 heavy (non-hydrogen) atoms. The Hall–Kier alpha value is -2.80. The van der Waals surface area contributed by atoms with Crippen molar-refractivity contribution in [3.8, 4) is 11.3 Å². The Morgan fingerprint density at radius 1 is 1.07 bits per heavy atom. The normalized spacial score (nSPS) is 13.6. The van der Waals surface area contributed by atoms with Gasteiger partial charge in [-0.1, -0.05) is 29.8 Å². The molecule has 1 aromatic carbocycles. The molecule has 136 valence electrons. The summed E-state index contributed by atoms with van der Waals surface area (Å²) in [6.07, 6.45) is 4.41. The average molecular weight is 383 g/mol. The van der Waals surface area contributed by atoms with Crippen molar-refractivity contribution in [2.45, 2.75) is 5.60 Å². The first-order valence-corrected chi connectivity index (χ1v) is 8.68. The zero-order valence-electron chi connectivity index (χ0n) is 14.2. The number of halogens is 2. The Balaban J connectivity index is 1.77. The van der Waals surface area contributed by atoms with E-state index in [0.717, 1.165) is 0 Å². The standard InChI is InChI=1S/C20H16ClFN4O/c21-14-4-1-12(2-5-14)20(27,11-23)13-3-6-17(25-9-13)15-7-8-24-19-18(15)16(22)10-26-19/h1-10,27H,11,23H2,(H,24,26). The molecule has 0 saturated heterocycles. The second-order valence-corrected chi connectivity index (χ2v) is 6.66. The summed E-state index contributed by atoms with van der Waals surface area (Å²) >= 11 is 5.93.